The normalized spacial score (nSPS) is 24.7. The molecule has 6 nitrogen and oxygen atoms in total. The van der Waals surface area contributed by atoms with Crippen LogP contribution < -0.4 is 18.9 Å². The first-order chi connectivity index (χ1) is 23.3. The molecule has 33 heavy (non-hydrogen) atoms. The van der Waals surface area contributed by atoms with E-state index in [0.717, 1.165) is 50.6 Å². The number of aryl methyl sites for hydroxylation is 1. The molecule has 0 bridgehead atoms. The van der Waals surface area contributed by atoms with Crippen molar-refractivity contribution < 1.29 is 45.0 Å². The minimum Gasteiger partial charge on any atom is -0.493 e. The molecular formula is C27H38N2O4. The van der Waals surface area contributed by atoms with Gasteiger partial charge in [-0.2, -0.15) is 5.26 Å². The van der Waals surface area contributed by atoms with Crippen molar-refractivity contribution in [2.75, 3.05) is 48.4 Å². The van der Waals surface area contributed by atoms with E-state index in [2.05, 4.69) is 0 Å². The molecule has 2 rings (SSSR count). The van der Waals surface area contributed by atoms with E-state index < -0.39 is 80.2 Å². The van der Waals surface area contributed by atoms with Gasteiger partial charge >= 0.3 is 0 Å². The second kappa shape index (κ2) is 12.4. The van der Waals surface area contributed by atoms with Gasteiger partial charge in [0.2, 0.25) is 0 Å². The van der Waals surface area contributed by atoms with Crippen LogP contribution in [0.15, 0.2) is 36.4 Å². The molecule has 0 spiro atoms. The summed E-state index contributed by atoms with van der Waals surface area (Å²) in [5.41, 5.74) is -5.31. The summed E-state index contributed by atoms with van der Waals surface area (Å²) in [6.45, 7) is -20.5. The first-order valence-electron chi connectivity index (χ1n) is 18.9. The summed E-state index contributed by atoms with van der Waals surface area (Å²) in [5, 5.41) is 10.8. The van der Waals surface area contributed by atoms with E-state index in [-0.39, 0.29) is 23.0 Å². The largest absolute Gasteiger partial charge is 0.493 e. The molecule has 0 N–H and O–H groups in total. The summed E-state index contributed by atoms with van der Waals surface area (Å²) < 4.78 is 183. The maximum absolute atomic E-state index is 10.8. The van der Waals surface area contributed by atoms with Gasteiger partial charge in [-0.25, -0.2) is 0 Å². The Kier molecular flexibility index (Phi) is 3.80. The number of likely N-dealkylation sites (N-methyl/N-ethyl adjacent to an activating group) is 1. The fourth-order valence-corrected chi connectivity index (χ4v) is 2.79. The van der Waals surface area contributed by atoms with Gasteiger partial charge in [0.15, 0.2) is 23.0 Å². The molecule has 0 saturated carbocycles. The molecule has 0 aliphatic carbocycles. The van der Waals surface area contributed by atoms with Gasteiger partial charge in [-0.3, -0.25) is 0 Å². The lowest BCUT2D eigenvalue weighted by Gasteiger charge is -2.32. The van der Waals surface area contributed by atoms with E-state index in [0.29, 0.717) is 0 Å². The van der Waals surface area contributed by atoms with E-state index in [1.54, 1.807) is 0 Å². The van der Waals surface area contributed by atoms with Crippen LogP contribution in [0.2, 0.25) is 0 Å². The predicted octanol–water partition coefficient (Wildman–Crippen LogP) is 5.09. The number of hydrogen-bond acceptors (Lipinski definition) is 6. The van der Waals surface area contributed by atoms with Gasteiger partial charge in [0, 0.05) is 32.5 Å². The van der Waals surface area contributed by atoms with Crippen molar-refractivity contribution in [1.29, 1.82) is 5.26 Å². The van der Waals surface area contributed by atoms with E-state index in [9.17, 15) is 5.26 Å². The molecule has 0 aliphatic rings. The van der Waals surface area contributed by atoms with Crippen molar-refractivity contribution in [2.45, 2.75) is 38.2 Å². The third kappa shape index (κ3) is 6.33. The zero-order valence-electron chi connectivity index (χ0n) is 37.6. The van der Waals surface area contributed by atoms with E-state index in [1.807, 2.05) is 0 Å². The lowest BCUT2D eigenvalue weighted by molar-refractivity contribution is 0.292. The second-order valence-corrected chi connectivity index (χ2v) is 6.43. The summed E-state index contributed by atoms with van der Waals surface area (Å²) in [6.07, 6.45) is -12.6. The SMILES string of the molecule is [2H]C([2H])([2H])C(C([2H])([2H])[2H])C(C#N)(c1ccc(OC)c(OC)c1)C([2H])([2H])C([2H])([2H])C([2H])([2H])N(C([2H])([2H])[2H])C([2H])([2H])C([2H])([2H])c1ccc(OC)c(OC)c1. The Labute approximate surface area is 225 Å². The summed E-state index contributed by atoms with van der Waals surface area (Å²) in [4.78, 5) is -0.877. The summed E-state index contributed by atoms with van der Waals surface area (Å²) in [6, 6.07) is 6.92. The highest BCUT2D eigenvalue weighted by Gasteiger charge is 2.36. The Balaban J connectivity index is 3.16. The Morgan fingerprint density at radius 2 is 1.58 bits per heavy atom. The van der Waals surface area contributed by atoms with Crippen molar-refractivity contribution in [3.8, 4) is 29.1 Å². The lowest BCUT2D eigenvalue weighted by Crippen LogP contribution is -2.32. The molecule has 2 aromatic carbocycles. The monoisotopic (exact) mass is 473 g/mol. The van der Waals surface area contributed by atoms with Crippen LogP contribution in [0.1, 0.15) is 63.6 Å². The molecule has 0 radical (unpaired) electrons. The average molecular weight is 474 g/mol. The van der Waals surface area contributed by atoms with Crippen LogP contribution >= 0.6 is 0 Å². The Hall–Kier alpha value is -2.91. The summed E-state index contributed by atoms with van der Waals surface area (Å²) >= 11 is 0. The molecule has 2 aromatic rings. The van der Waals surface area contributed by atoms with Crippen LogP contribution in [0.4, 0.5) is 0 Å². The molecule has 0 heterocycles. The van der Waals surface area contributed by atoms with Crippen molar-refractivity contribution in [3.63, 3.8) is 0 Å². The smallest absolute Gasteiger partial charge is 0.161 e. The zero-order chi connectivity index (χ0) is 40.9. The molecule has 1 unspecified atom stereocenters. The van der Waals surface area contributed by atoms with E-state index >= 15 is 0 Å². The van der Waals surface area contributed by atoms with E-state index in [4.69, 9.17) is 45.0 Å². The quantitative estimate of drug-likeness (QED) is 0.404. The Bertz CT molecular complexity index is 1620. The number of benzene rings is 2. The van der Waals surface area contributed by atoms with Gasteiger partial charge in [0.05, 0.1) is 39.9 Å². The van der Waals surface area contributed by atoms with Crippen LogP contribution in [0.3, 0.4) is 0 Å². The lowest BCUT2D eigenvalue weighted by atomic mass is 9.69. The number of nitrogens with zero attached hydrogens (tertiary/aromatic N) is 2. The molecule has 0 aromatic heterocycles. The van der Waals surface area contributed by atoms with Crippen LogP contribution in [-0.2, 0) is 11.8 Å². The average Bonchev–Trinajstić information content (AvgIpc) is 2.99. The number of rotatable bonds is 13. The first kappa shape index (κ1) is 10.1. The Morgan fingerprint density at radius 1 is 0.939 bits per heavy atom. The third-order valence-electron chi connectivity index (χ3n) is 4.57. The fraction of sp³-hybridized carbons (Fsp3) is 0.519. The topological polar surface area (TPSA) is 64.0 Å². The third-order valence-corrected chi connectivity index (χ3v) is 4.57. The minimum atomic E-state index is -4.59. The highest BCUT2D eigenvalue weighted by Crippen LogP contribution is 2.40. The molecule has 0 aliphatic heterocycles. The van der Waals surface area contributed by atoms with Gasteiger partial charge in [-0.15, -0.1) is 0 Å². The first-order valence-corrected chi connectivity index (χ1v) is 9.44. The number of hydrogen-bond donors (Lipinski definition) is 0. The minimum absolute atomic E-state index is 0.0382. The molecule has 0 fully saturated rings. The summed E-state index contributed by atoms with van der Waals surface area (Å²) in [7, 11) is 4.64. The molecule has 180 valence electrons. The Morgan fingerprint density at radius 3 is 2.15 bits per heavy atom. The molecule has 1 atom stereocenters. The highest BCUT2D eigenvalue weighted by molar-refractivity contribution is 5.47. The van der Waals surface area contributed by atoms with Gasteiger partial charge in [-0.1, -0.05) is 25.8 Å². The van der Waals surface area contributed by atoms with Gasteiger partial charge in [0.25, 0.3) is 0 Å². The standard InChI is InChI=1S/C27H38N2O4/c1-20(2)27(19-28,22-10-12-24(31-5)26(18-22)33-7)14-8-15-29(3)16-13-21-9-11-23(30-4)25(17-21)32-6/h9-12,17-18,20H,8,13-16H2,1-7H3/i1D3,2D3,3D3,8D2,13D2,14D2,15D2,16D2. The predicted molar refractivity (Wildman–Crippen MR) is 132 cm³/mol. The number of ether oxygens (including phenoxy) is 4. The zero-order valence-corrected chi connectivity index (χ0v) is 18.6. The summed E-state index contributed by atoms with van der Waals surface area (Å²) in [5.74, 6) is -3.69. The van der Waals surface area contributed by atoms with E-state index in [1.165, 1.54) is 20.3 Å². The fourth-order valence-electron chi connectivity index (χ4n) is 2.79. The van der Waals surface area contributed by atoms with Crippen molar-refractivity contribution in [2.24, 2.45) is 5.92 Å². The van der Waals surface area contributed by atoms with Crippen molar-refractivity contribution in [3.05, 3.63) is 47.5 Å². The number of methoxy groups -OCH3 is 4. The highest BCUT2D eigenvalue weighted by atomic mass is 16.5. The van der Waals surface area contributed by atoms with Crippen LogP contribution in [0.25, 0.3) is 0 Å². The van der Waals surface area contributed by atoms with Gasteiger partial charge in [0.1, 0.15) is 0 Å². The molecule has 6 heteroatoms. The second-order valence-electron chi connectivity index (χ2n) is 6.43. The number of nitriles is 1. The van der Waals surface area contributed by atoms with Gasteiger partial charge in [-0.05, 0) is 73.9 Å². The maximum atomic E-state index is 10.8. The van der Waals surface area contributed by atoms with Crippen LogP contribution in [0, 0.1) is 17.2 Å². The van der Waals surface area contributed by atoms with Crippen molar-refractivity contribution >= 4 is 0 Å². The molecule has 0 amide bonds. The molecular weight excluding hydrogens is 416 g/mol. The maximum Gasteiger partial charge on any atom is 0.161 e. The van der Waals surface area contributed by atoms with Crippen LogP contribution in [-0.4, -0.2) is 53.3 Å². The van der Waals surface area contributed by atoms with Crippen LogP contribution in [0.5, 0.6) is 23.0 Å². The van der Waals surface area contributed by atoms with Gasteiger partial charge < -0.3 is 23.8 Å². The van der Waals surface area contributed by atoms with Crippen molar-refractivity contribution in [1.82, 2.24) is 4.90 Å². The molecule has 0 saturated heterocycles.